The predicted molar refractivity (Wildman–Crippen MR) is 43.2 cm³/mol. The maximum atomic E-state index is 10.7. The van der Waals surface area contributed by atoms with Crippen molar-refractivity contribution in [1.82, 2.24) is 4.98 Å². The molecule has 0 aliphatic heterocycles. The van der Waals surface area contributed by atoms with Crippen molar-refractivity contribution in [3.05, 3.63) is 16.1 Å². The third-order valence-corrected chi connectivity index (χ3v) is 2.04. The molecule has 0 atom stereocenters. The Morgan fingerprint density at radius 3 is 3.08 bits per heavy atom. The second-order valence-electron chi connectivity index (χ2n) is 2.05. The van der Waals surface area contributed by atoms with Crippen LogP contribution in [0.1, 0.15) is 15.5 Å². The van der Waals surface area contributed by atoms with E-state index in [0.29, 0.717) is 17.0 Å². The average Bonchev–Trinajstić information content (AvgIpc) is 2.52. The Hall–Kier alpha value is -1.23. The summed E-state index contributed by atoms with van der Waals surface area (Å²) in [5, 5.41) is 2.05. The van der Waals surface area contributed by atoms with Crippen molar-refractivity contribution in [3.8, 4) is 0 Å². The number of thiazole rings is 1. The van der Waals surface area contributed by atoms with E-state index >= 15 is 0 Å². The predicted octanol–water partition coefficient (Wildman–Crippen LogP) is 0.671. The van der Waals surface area contributed by atoms with E-state index in [2.05, 4.69) is 9.72 Å². The molecule has 1 aromatic heterocycles. The van der Waals surface area contributed by atoms with Crippen LogP contribution >= 0.6 is 11.3 Å². The SMILES string of the molecule is COC(=O)Cc1csc(C=O)n1. The fraction of sp³-hybridized carbons (Fsp3) is 0.286. The number of hydrogen-bond donors (Lipinski definition) is 0. The maximum absolute atomic E-state index is 10.7. The van der Waals surface area contributed by atoms with Gasteiger partial charge in [-0.3, -0.25) is 9.59 Å². The smallest absolute Gasteiger partial charge is 0.311 e. The van der Waals surface area contributed by atoms with Crippen LogP contribution in [0.2, 0.25) is 0 Å². The third-order valence-electron chi connectivity index (χ3n) is 1.22. The lowest BCUT2D eigenvalue weighted by molar-refractivity contribution is -0.139. The Morgan fingerprint density at radius 2 is 2.58 bits per heavy atom. The summed E-state index contributed by atoms with van der Waals surface area (Å²) in [4.78, 5) is 24.8. The Balaban J connectivity index is 2.63. The van der Waals surface area contributed by atoms with Crippen LogP contribution in [0.5, 0.6) is 0 Å². The fourth-order valence-electron chi connectivity index (χ4n) is 0.678. The molecule has 0 aromatic carbocycles. The van der Waals surface area contributed by atoms with Crippen LogP contribution < -0.4 is 0 Å². The highest BCUT2D eigenvalue weighted by Gasteiger charge is 2.06. The van der Waals surface area contributed by atoms with E-state index in [4.69, 9.17) is 0 Å². The highest BCUT2D eigenvalue weighted by Crippen LogP contribution is 2.07. The summed E-state index contributed by atoms with van der Waals surface area (Å²) in [6.07, 6.45) is 0.784. The highest BCUT2D eigenvalue weighted by atomic mass is 32.1. The molecule has 0 unspecified atom stereocenters. The lowest BCUT2D eigenvalue weighted by Crippen LogP contribution is -2.04. The van der Waals surface area contributed by atoms with Gasteiger partial charge in [0.05, 0.1) is 19.2 Å². The Kier molecular flexibility index (Phi) is 2.93. The minimum Gasteiger partial charge on any atom is -0.469 e. The first-order chi connectivity index (χ1) is 5.76. The van der Waals surface area contributed by atoms with Crippen molar-refractivity contribution in [1.29, 1.82) is 0 Å². The molecular formula is C7H7NO3S. The molecule has 0 amide bonds. The lowest BCUT2D eigenvalue weighted by atomic mass is 10.3. The molecule has 1 heterocycles. The Bertz CT molecular complexity index is 295. The standard InChI is InChI=1S/C7H7NO3S/c1-11-7(10)2-5-4-12-6(3-9)8-5/h3-4H,2H2,1H3. The van der Waals surface area contributed by atoms with Gasteiger partial charge in [0.25, 0.3) is 0 Å². The van der Waals surface area contributed by atoms with E-state index in [9.17, 15) is 9.59 Å². The molecule has 0 fully saturated rings. The van der Waals surface area contributed by atoms with Crippen molar-refractivity contribution >= 4 is 23.6 Å². The highest BCUT2D eigenvalue weighted by molar-refractivity contribution is 7.11. The summed E-state index contributed by atoms with van der Waals surface area (Å²) >= 11 is 1.22. The van der Waals surface area contributed by atoms with Crippen LogP contribution in [0.15, 0.2) is 5.38 Å². The molecule has 0 saturated carbocycles. The first-order valence-corrected chi connectivity index (χ1v) is 4.10. The zero-order valence-corrected chi connectivity index (χ0v) is 7.26. The largest absolute Gasteiger partial charge is 0.469 e. The van der Waals surface area contributed by atoms with Gasteiger partial charge in [0.2, 0.25) is 0 Å². The number of hydrogen-bond acceptors (Lipinski definition) is 5. The van der Waals surface area contributed by atoms with Crippen molar-refractivity contribution in [3.63, 3.8) is 0 Å². The molecule has 0 radical (unpaired) electrons. The quantitative estimate of drug-likeness (QED) is 0.513. The minimum absolute atomic E-state index is 0.126. The summed E-state index contributed by atoms with van der Waals surface area (Å²) in [6.45, 7) is 0. The van der Waals surface area contributed by atoms with E-state index in [1.54, 1.807) is 5.38 Å². The van der Waals surface area contributed by atoms with Gasteiger partial charge in [0, 0.05) is 5.38 Å². The van der Waals surface area contributed by atoms with Crippen LogP contribution in [0, 0.1) is 0 Å². The van der Waals surface area contributed by atoms with Gasteiger partial charge in [-0.15, -0.1) is 11.3 Å². The van der Waals surface area contributed by atoms with Gasteiger partial charge in [-0.2, -0.15) is 0 Å². The average molecular weight is 185 g/mol. The molecule has 0 spiro atoms. The van der Waals surface area contributed by atoms with Crippen molar-refractivity contribution in [2.45, 2.75) is 6.42 Å². The Labute approximate surface area is 73.2 Å². The van der Waals surface area contributed by atoms with Crippen molar-refractivity contribution in [2.24, 2.45) is 0 Å². The molecule has 0 bridgehead atoms. The van der Waals surface area contributed by atoms with Gasteiger partial charge < -0.3 is 4.74 Å². The van der Waals surface area contributed by atoms with Crippen LogP contribution in [0.25, 0.3) is 0 Å². The summed E-state index contributed by atoms with van der Waals surface area (Å²) in [5.74, 6) is -0.349. The number of carbonyl (C=O) groups excluding carboxylic acids is 2. The van der Waals surface area contributed by atoms with Gasteiger partial charge in [-0.1, -0.05) is 0 Å². The van der Waals surface area contributed by atoms with Crippen molar-refractivity contribution in [2.75, 3.05) is 7.11 Å². The van der Waals surface area contributed by atoms with Crippen molar-refractivity contribution < 1.29 is 14.3 Å². The lowest BCUT2D eigenvalue weighted by Gasteiger charge is -1.93. The number of esters is 1. The summed E-state index contributed by atoms with van der Waals surface area (Å²) in [6, 6.07) is 0. The number of aldehydes is 1. The van der Waals surface area contributed by atoms with E-state index in [-0.39, 0.29) is 12.4 Å². The third kappa shape index (κ3) is 2.13. The maximum Gasteiger partial charge on any atom is 0.311 e. The molecule has 64 valence electrons. The number of ether oxygens (including phenoxy) is 1. The van der Waals surface area contributed by atoms with Gasteiger partial charge in [-0.25, -0.2) is 4.98 Å². The molecule has 4 nitrogen and oxygen atoms in total. The van der Waals surface area contributed by atoms with Gasteiger partial charge in [0.15, 0.2) is 11.3 Å². The van der Waals surface area contributed by atoms with Gasteiger partial charge in [0.1, 0.15) is 0 Å². The molecule has 5 heteroatoms. The topological polar surface area (TPSA) is 56.3 Å². The van der Waals surface area contributed by atoms with E-state index in [1.807, 2.05) is 0 Å². The molecule has 0 aliphatic rings. The van der Waals surface area contributed by atoms with Crippen LogP contribution in [0.3, 0.4) is 0 Å². The molecule has 0 aliphatic carbocycles. The molecule has 1 rings (SSSR count). The zero-order chi connectivity index (χ0) is 8.97. The normalized spacial score (nSPS) is 9.42. The summed E-state index contributed by atoms with van der Waals surface area (Å²) < 4.78 is 4.43. The molecule has 0 N–H and O–H groups in total. The number of rotatable bonds is 3. The monoisotopic (exact) mass is 185 g/mol. The minimum atomic E-state index is -0.349. The first-order valence-electron chi connectivity index (χ1n) is 3.22. The number of aromatic nitrogens is 1. The fourth-order valence-corrected chi connectivity index (χ4v) is 1.30. The number of methoxy groups -OCH3 is 1. The van der Waals surface area contributed by atoms with Crippen LogP contribution in [-0.4, -0.2) is 24.3 Å². The van der Waals surface area contributed by atoms with E-state index < -0.39 is 0 Å². The number of carbonyl (C=O) groups is 2. The van der Waals surface area contributed by atoms with Gasteiger partial charge >= 0.3 is 5.97 Å². The van der Waals surface area contributed by atoms with Gasteiger partial charge in [-0.05, 0) is 0 Å². The van der Waals surface area contributed by atoms with E-state index in [1.165, 1.54) is 18.4 Å². The summed E-state index contributed by atoms with van der Waals surface area (Å²) in [7, 11) is 1.31. The molecule has 0 saturated heterocycles. The summed E-state index contributed by atoms with van der Waals surface area (Å²) in [5.41, 5.74) is 0.578. The second-order valence-corrected chi connectivity index (χ2v) is 2.94. The second kappa shape index (κ2) is 3.96. The molecule has 12 heavy (non-hydrogen) atoms. The van der Waals surface area contributed by atoms with Crippen LogP contribution in [-0.2, 0) is 16.0 Å². The number of nitrogens with zero attached hydrogens (tertiary/aromatic N) is 1. The first kappa shape index (κ1) is 8.86. The van der Waals surface area contributed by atoms with E-state index in [0.717, 1.165) is 0 Å². The zero-order valence-electron chi connectivity index (χ0n) is 6.44. The Morgan fingerprint density at radius 1 is 1.83 bits per heavy atom. The van der Waals surface area contributed by atoms with Crippen LogP contribution in [0.4, 0.5) is 0 Å². The molecule has 1 aromatic rings. The molecular weight excluding hydrogens is 178 g/mol.